The van der Waals surface area contributed by atoms with Crippen molar-refractivity contribution in [3.05, 3.63) is 237 Å². The summed E-state index contributed by atoms with van der Waals surface area (Å²) in [4.78, 5) is 109. The topological polar surface area (TPSA) is 137 Å². The first-order valence-electron chi connectivity index (χ1n) is 20.7. The van der Waals surface area contributed by atoms with Gasteiger partial charge >= 0.3 is 0 Å². The fourth-order valence-electron chi connectivity index (χ4n) is 8.59. The Morgan fingerprint density at radius 1 is 0.212 bits per heavy atom. The van der Waals surface area contributed by atoms with Gasteiger partial charge < -0.3 is 0 Å². The van der Waals surface area contributed by atoms with Crippen LogP contribution in [0.2, 0.25) is 0 Å². The minimum Gasteiger partial charge on any atom is -0.298 e. The summed E-state index contributed by atoms with van der Waals surface area (Å²) in [6, 6.07) is 48.2. The van der Waals surface area contributed by atoms with Crippen molar-refractivity contribution < 1.29 is 38.4 Å². The Kier molecular flexibility index (Phi) is 12.9. The highest BCUT2D eigenvalue weighted by Crippen LogP contribution is 2.47. The lowest BCUT2D eigenvalue weighted by Crippen LogP contribution is -2.13. The van der Waals surface area contributed by atoms with Crippen molar-refractivity contribution in [3.8, 4) is 44.5 Å². The van der Waals surface area contributed by atoms with E-state index in [1.54, 1.807) is 146 Å². The van der Waals surface area contributed by atoms with Gasteiger partial charge in [0, 0.05) is 77.9 Å². The van der Waals surface area contributed by atoms with Gasteiger partial charge in [0.2, 0.25) is 0 Å². The van der Waals surface area contributed by atoms with Crippen LogP contribution in [0.3, 0.4) is 0 Å². The molecule has 0 amide bonds. The summed E-state index contributed by atoms with van der Waals surface area (Å²) in [5, 5.41) is 0. The quantitative estimate of drug-likeness (QED) is 0.0692. The molecule has 0 heterocycles. The second-order valence-electron chi connectivity index (χ2n) is 15.3. The van der Waals surface area contributed by atoms with E-state index in [9.17, 15) is 38.4 Å². The summed E-state index contributed by atoms with van der Waals surface area (Å²) in [5.41, 5.74) is 3.08. The summed E-state index contributed by atoms with van der Waals surface area (Å²) in [5.74, 6) is 0. The van der Waals surface area contributed by atoms with Gasteiger partial charge in [0.05, 0.1) is 0 Å². The Morgan fingerprint density at radius 2 is 0.364 bits per heavy atom. The molecular weight excluding hydrogens is 825 g/mol. The van der Waals surface area contributed by atoms with Crippen LogP contribution in [0.4, 0.5) is 0 Å². The van der Waals surface area contributed by atoms with Gasteiger partial charge in [0.15, 0.2) is 50.3 Å². The lowest BCUT2D eigenvalue weighted by Gasteiger charge is -2.27. The van der Waals surface area contributed by atoms with Crippen molar-refractivity contribution in [2.45, 2.75) is 0 Å². The molecule has 0 aromatic heterocycles. The Morgan fingerprint density at radius 3 is 0.500 bits per heavy atom. The summed E-state index contributed by atoms with van der Waals surface area (Å²) in [7, 11) is 0. The fraction of sp³-hybridized carbons (Fsp3) is 0. The van der Waals surface area contributed by atoms with Crippen LogP contribution < -0.4 is 0 Å². The van der Waals surface area contributed by atoms with Crippen LogP contribution in [0.15, 0.2) is 170 Å². The van der Waals surface area contributed by atoms with Crippen LogP contribution in [0.25, 0.3) is 55.7 Å². The lowest BCUT2D eigenvalue weighted by atomic mass is 9.74. The first-order chi connectivity index (χ1) is 32.4. The van der Waals surface area contributed by atoms with Crippen LogP contribution in [-0.2, 0) is 0 Å². The average Bonchev–Trinajstić information content (AvgIpc) is 3.39. The van der Waals surface area contributed by atoms with Crippen LogP contribution in [0.5, 0.6) is 0 Å². The molecule has 0 fully saturated rings. The van der Waals surface area contributed by atoms with Gasteiger partial charge in [-0.1, -0.05) is 121 Å². The standard InChI is InChI=1S/C58H36O8/c59-29-45-21-41(37-13-5-1-6-14-37)22-46(30-60)53(45)57(54-47(31-61)23-42(24-48(54)32-62)38-15-7-2-8-16-38)58(55-49(33-63)25-43(26-50(55)34-64)39-17-9-3-10-18-39)56-51(35-65)27-44(28-52(56)36-66)40-19-11-4-12-20-40/h1-36H. The van der Waals surface area contributed by atoms with Gasteiger partial charge in [0.1, 0.15) is 0 Å². The zero-order valence-electron chi connectivity index (χ0n) is 35.1. The Hall–Kier alpha value is -9.14. The van der Waals surface area contributed by atoms with E-state index in [0.29, 0.717) is 94.8 Å². The zero-order chi connectivity index (χ0) is 46.2. The van der Waals surface area contributed by atoms with E-state index >= 15 is 0 Å². The van der Waals surface area contributed by atoms with Crippen molar-refractivity contribution >= 4 is 61.4 Å². The van der Waals surface area contributed by atoms with Crippen molar-refractivity contribution in [3.63, 3.8) is 0 Å². The van der Waals surface area contributed by atoms with Crippen molar-refractivity contribution in [1.82, 2.24) is 0 Å². The third-order valence-corrected chi connectivity index (χ3v) is 11.5. The number of rotatable bonds is 16. The van der Waals surface area contributed by atoms with E-state index < -0.39 is 0 Å². The monoisotopic (exact) mass is 860 g/mol. The van der Waals surface area contributed by atoms with E-state index in [2.05, 4.69) is 0 Å². The second-order valence-corrected chi connectivity index (χ2v) is 15.3. The van der Waals surface area contributed by atoms with Crippen molar-refractivity contribution in [2.75, 3.05) is 0 Å². The molecule has 0 aliphatic carbocycles. The van der Waals surface area contributed by atoms with E-state index in [1.807, 2.05) is 24.3 Å². The molecule has 0 radical (unpaired) electrons. The molecule has 316 valence electrons. The molecule has 0 atom stereocenters. The van der Waals surface area contributed by atoms with Crippen LogP contribution >= 0.6 is 0 Å². The fourth-order valence-corrected chi connectivity index (χ4v) is 8.59. The van der Waals surface area contributed by atoms with Crippen molar-refractivity contribution in [2.24, 2.45) is 0 Å². The predicted molar refractivity (Wildman–Crippen MR) is 256 cm³/mol. The first kappa shape index (κ1) is 43.5. The number of hydrogen-bond donors (Lipinski definition) is 0. The molecule has 8 nitrogen and oxygen atoms in total. The lowest BCUT2D eigenvalue weighted by molar-refractivity contribution is 0.110. The molecule has 0 saturated carbocycles. The largest absolute Gasteiger partial charge is 0.298 e. The third kappa shape index (κ3) is 8.25. The van der Waals surface area contributed by atoms with E-state index in [4.69, 9.17) is 0 Å². The molecule has 0 spiro atoms. The smallest absolute Gasteiger partial charge is 0.150 e. The van der Waals surface area contributed by atoms with E-state index in [1.165, 1.54) is 0 Å². The second kappa shape index (κ2) is 19.5. The van der Waals surface area contributed by atoms with Gasteiger partial charge in [0.25, 0.3) is 0 Å². The molecule has 0 aliphatic heterocycles. The van der Waals surface area contributed by atoms with Gasteiger partial charge in [-0.3, -0.25) is 38.4 Å². The maximum atomic E-state index is 13.7. The van der Waals surface area contributed by atoms with Gasteiger partial charge in [-0.25, -0.2) is 0 Å². The number of carbonyl (C=O) groups is 8. The Labute approximate surface area is 379 Å². The summed E-state index contributed by atoms with van der Waals surface area (Å²) >= 11 is 0. The summed E-state index contributed by atoms with van der Waals surface area (Å²) in [6.07, 6.45) is 4.15. The molecule has 66 heavy (non-hydrogen) atoms. The minimum absolute atomic E-state index is 0.0887. The maximum Gasteiger partial charge on any atom is 0.150 e. The number of carbonyl (C=O) groups excluding carboxylic acids is 8. The molecule has 0 saturated heterocycles. The third-order valence-electron chi connectivity index (χ3n) is 11.5. The van der Waals surface area contributed by atoms with Crippen LogP contribution in [0.1, 0.15) is 105 Å². The molecule has 0 N–H and O–H groups in total. The highest BCUT2D eigenvalue weighted by molar-refractivity contribution is 6.20. The molecule has 8 aromatic rings. The Balaban J connectivity index is 1.67. The average molecular weight is 861 g/mol. The summed E-state index contributed by atoms with van der Waals surface area (Å²) in [6.45, 7) is 0. The van der Waals surface area contributed by atoms with Gasteiger partial charge in [-0.15, -0.1) is 0 Å². The normalized spacial score (nSPS) is 10.6. The van der Waals surface area contributed by atoms with Crippen LogP contribution in [0, 0.1) is 0 Å². The molecule has 0 aliphatic rings. The van der Waals surface area contributed by atoms with E-state index in [-0.39, 0.29) is 77.9 Å². The molecule has 8 rings (SSSR count). The van der Waals surface area contributed by atoms with E-state index in [0.717, 1.165) is 0 Å². The number of aldehydes is 8. The molecule has 0 bridgehead atoms. The SMILES string of the molecule is O=Cc1cc(-c2ccccc2)cc(C=O)c1C(=C(c1c(C=O)cc(-c2ccccc2)cc1C=O)c1c(C=O)cc(-c2ccccc2)cc1C=O)c1c(C=O)cc(-c2ccccc2)cc1C=O. The zero-order valence-corrected chi connectivity index (χ0v) is 35.1. The van der Waals surface area contributed by atoms with Gasteiger partial charge in [-0.2, -0.15) is 0 Å². The van der Waals surface area contributed by atoms with Gasteiger partial charge in [-0.05, 0) is 93.0 Å². The first-order valence-corrected chi connectivity index (χ1v) is 20.7. The highest BCUT2D eigenvalue weighted by atomic mass is 16.1. The maximum absolute atomic E-state index is 13.7. The molecule has 8 heteroatoms. The number of benzene rings is 8. The molecule has 8 aromatic carbocycles. The molecule has 0 unspecified atom stereocenters. The van der Waals surface area contributed by atoms with Crippen molar-refractivity contribution in [1.29, 1.82) is 0 Å². The Bertz CT molecular complexity index is 2710. The molecular formula is C58H36O8. The van der Waals surface area contributed by atoms with Crippen LogP contribution in [-0.4, -0.2) is 50.3 Å². The minimum atomic E-state index is -0.153. The highest BCUT2D eigenvalue weighted by Gasteiger charge is 2.32. The number of hydrogen-bond acceptors (Lipinski definition) is 8. The summed E-state index contributed by atoms with van der Waals surface area (Å²) < 4.78 is 0. The predicted octanol–water partition coefficient (Wildman–Crippen LogP) is 11.9.